The third-order valence-corrected chi connectivity index (χ3v) is 5.10. The Balaban J connectivity index is 1.61. The molecule has 120 valence electrons. The Morgan fingerprint density at radius 3 is 2.55 bits per heavy atom. The van der Waals surface area contributed by atoms with Gasteiger partial charge in [0.05, 0.1) is 7.11 Å². The Morgan fingerprint density at radius 1 is 1.32 bits per heavy atom. The summed E-state index contributed by atoms with van der Waals surface area (Å²) >= 11 is 0. The van der Waals surface area contributed by atoms with Crippen LogP contribution in [0.25, 0.3) is 0 Å². The van der Waals surface area contributed by atoms with Gasteiger partial charge in [0, 0.05) is 32.1 Å². The number of hydrogen-bond donors (Lipinski definition) is 1. The van der Waals surface area contributed by atoms with Crippen LogP contribution in [0.4, 0.5) is 0 Å². The minimum Gasteiger partial charge on any atom is -0.497 e. The van der Waals surface area contributed by atoms with Crippen LogP contribution < -0.4 is 10.1 Å². The lowest BCUT2D eigenvalue weighted by molar-refractivity contribution is 0.414. The number of nitrogens with one attached hydrogen (secondary N) is 1. The van der Waals surface area contributed by atoms with Crippen LogP contribution in [0.2, 0.25) is 0 Å². The maximum atomic E-state index is 5.24. The quantitative estimate of drug-likeness (QED) is 0.689. The number of hydrogen-bond acceptors (Lipinski definition) is 2. The predicted molar refractivity (Wildman–Crippen MR) is 90.6 cm³/mol. The molecule has 1 saturated carbocycles. The second-order valence-corrected chi connectivity index (χ2v) is 7.14. The third-order valence-electron chi connectivity index (χ3n) is 5.10. The summed E-state index contributed by atoms with van der Waals surface area (Å²) in [5, 5.41) is 3.62. The van der Waals surface area contributed by atoms with E-state index in [1.807, 2.05) is 7.05 Å². The Morgan fingerprint density at radius 2 is 2.00 bits per heavy atom. The van der Waals surface area contributed by atoms with Crippen molar-refractivity contribution in [3.63, 3.8) is 0 Å². The van der Waals surface area contributed by atoms with Crippen LogP contribution in [0.5, 0.6) is 5.75 Å². The van der Waals surface area contributed by atoms with Gasteiger partial charge in [-0.25, -0.2) is 0 Å². The van der Waals surface area contributed by atoms with E-state index in [9.17, 15) is 0 Å². The van der Waals surface area contributed by atoms with Crippen molar-refractivity contribution < 1.29 is 4.74 Å². The Kier molecular flexibility index (Phi) is 4.02. The minimum atomic E-state index is 0.422. The molecule has 1 aromatic carbocycles. The van der Waals surface area contributed by atoms with Gasteiger partial charge in [0.15, 0.2) is 5.96 Å². The predicted octanol–water partition coefficient (Wildman–Crippen LogP) is 2.86. The zero-order chi connectivity index (χ0) is 15.7. The fourth-order valence-corrected chi connectivity index (χ4v) is 3.27. The van der Waals surface area contributed by atoms with Crippen molar-refractivity contribution in [3.05, 3.63) is 29.8 Å². The highest BCUT2D eigenvalue weighted by Crippen LogP contribution is 2.44. The van der Waals surface area contributed by atoms with Crippen molar-refractivity contribution in [2.75, 3.05) is 27.2 Å². The summed E-state index contributed by atoms with van der Waals surface area (Å²) < 4.78 is 5.24. The van der Waals surface area contributed by atoms with Gasteiger partial charge in [-0.15, -0.1) is 0 Å². The third kappa shape index (κ3) is 3.06. The van der Waals surface area contributed by atoms with E-state index < -0.39 is 0 Å². The van der Waals surface area contributed by atoms with Gasteiger partial charge >= 0.3 is 0 Å². The van der Waals surface area contributed by atoms with Crippen molar-refractivity contribution in [2.45, 2.75) is 38.6 Å². The SMILES string of the molecule is CN=C(NC1CC1(C)C)N1CCC(c2ccc(OC)cc2)C1. The summed E-state index contributed by atoms with van der Waals surface area (Å²) in [5.41, 5.74) is 1.82. The molecule has 1 saturated heterocycles. The van der Waals surface area contributed by atoms with Gasteiger partial charge in [0.25, 0.3) is 0 Å². The van der Waals surface area contributed by atoms with Crippen molar-refractivity contribution in [2.24, 2.45) is 10.4 Å². The molecule has 2 aliphatic rings. The zero-order valence-corrected chi connectivity index (χ0v) is 14.1. The van der Waals surface area contributed by atoms with Gasteiger partial charge in [-0.2, -0.15) is 0 Å². The first-order valence-corrected chi connectivity index (χ1v) is 8.15. The lowest BCUT2D eigenvalue weighted by Gasteiger charge is -2.22. The summed E-state index contributed by atoms with van der Waals surface area (Å²) in [4.78, 5) is 6.87. The highest BCUT2D eigenvalue weighted by Gasteiger charge is 2.46. The number of methoxy groups -OCH3 is 1. The average molecular weight is 301 g/mol. The lowest BCUT2D eigenvalue weighted by Crippen LogP contribution is -2.42. The van der Waals surface area contributed by atoms with Gasteiger partial charge in [-0.3, -0.25) is 4.99 Å². The molecular formula is C18H27N3O. The molecule has 1 heterocycles. The van der Waals surface area contributed by atoms with Crippen LogP contribution in [-0.4, -0.2) is 44.1 Å². The van der Waals surface area contributed by atoms with E-state index in [0.29, 0.717) is 17.4 Å². The Hall–Kier alpha value is -1.71. The summed E-state index contributed by atoms with van der Waals surface area (Å²) in [6.07, 6.45) is 2.42. The number of rotatable bonds is 3. The van der Waals surface area contributed by atoms with E-state index in [1.54, 1.807) is 7.11 Å². The maximum Gasteiger partial charge on any atom is 0.193 e. The van der Waals surface area contributed by atoms with Crippen LogP contribution in [0.1, 0.15) is 38.2 Å². The number of ether oxygens (including phenoxy) is 1. The molecule has 2 fully saturated rings. The zero-order valence-electron chi connectivity index (χ0n) is 14.1. The summed E-state index contributed by atoms with van der Waals surface area (Å²) in [5.74, 6) is 2.57. The standard InChI is InChI=1S/C18H27N3O/c1-18(2)11-16(18)20-17(19-3)21-10-9-14(12-21)13-5-7-15(22-4)8-6-13/h5-8,14,16H,9-12H2,1-4H3,(H,19,20). The van der Waals surface area contributed by atoms with E-state index >= 15 is 0 Å². The first kappa shape index (κ1) is 15.2. The van der Waals surface area contributed by atoms with Gasteiger partial charge in [-0.1, -0.05) is 26.0 Å². The molecule has 4 nitrogen and oxygen atoms in total. The molecule has 22 heavy (non-hydrogen) atoms. The number of aliphatic imine (C=N–C) groups is 1. The largest absolute Gasteiger partial charge is 0.497 e. The Bertz CT molecular complexity index is 550. The minimum absolute atomic E-state index is 0.422. The first-order chi connectivity index (χ1) is 10.5. The molecule has 0 radical (unpaired) electrons. The molecule has 0 amide bonds. The molecule has 4 heteroatoms. The fraction of sp³-hybridized carbons (Fsp3) is 0.611. The Labute approximate surface area is 133 Å². The maximum absolute atomic E-state index is 5.24. The monoisotopic (exact) mass is 301 g/mol. The average Bonchev–Trinajstić information content (AvgIpc) is 2.92. The summed E-state index contributed by atoms with van der Waals surface area (Å²) in [6.45, 7) is 6.73. The molecule has 0 spiro atoms. The number of benzene rings is 1. The normalized spacial score (nSPS) is 26.9. The molecule has 2 atom stereocenters. The van der Waals surface area contributed by atoms with Crippen LogP contribution in [-0.2, 0) is 0 Å². The van der Waals surface area contributed by atoms with E-state index in [4.69, 9.17) is 4.74 Å². The molecule has 0 aromatic heterocycles. The second-order valence-electron chi connectivity index (χ2n) is 7.14. The highest BCUT2D eigenvalue weighted by atomic mass is 16.5. The van der Waals surface area contributed by atoms with Gasteiger partial charge in [0.1, 0.15) is 5.75 Å². The summed E-state index contributed by atoms with van der Waals surface area (Å²) in [6, 6.07) is 9.06. The first-order valence-electron chi connectivity index (χ1n) is 8.15. The van der Waals surface area contributed by atoms with Gasteiger partial charge < -0.3 is 15.0 Å². The smallest absolute Gasteiger partial charge is 0.193 e. The topological polar surface area (TPSA) is 36.9 Å². The number of likely N-dealkylation sites (tertiary alicyclic amines) is 1. The van der Waals surface area contributed by atoms with Crippen molar-refractivity contribution in [3.8, 4) is 5.75 Å². The number of guanidine groups is 1. The van der Waals surface area contributed by atoms with Gasteiger partial charge in [0.2, 0.25) is 0 Å². The van der Waals surface area contributed by atoms with E-state index in [-0.39, 0.29) is 0 Å². The van der Waals surface area contributed by atoms with Crippen LogP contribution >= 0.6 is 0 Å². The van der Waals surface area contributed by atoms with E-state index in [2.05, 4.69) is 53.3 Å². The van der Waals surface area contributed by atoms with Crippen LogP contribution in [0, 0.1) is 5.41 Å². The van der Waals surface area contributed by atoms with Crippen molar-refractivity contribution >= 4 is 5.96 Å². The lowest BCUT2D eigenvalue weighted by atomic mass is 9.98. The molecule has 1 aliphatic heterocycles. The number of nitrogens with zero attached hydrogens (tertiary/aromatic N) is 2. The van der Waals surface area contributed by atoms with Crippen molar-refractivity contribution in [1.82, 2.24) is 10.2 Å². The molecule has 1 aromatic rings. The van der Waals surface area contributed by atoms with E-state index in [1.165, 1.54) is 18.4 Å². The summed E-state index contributed by atoms with van der Waals surface area (Å²) in [7, 11) is 3.60. The molecule has 3 rings (SSSR count). The van der Waals surface area contributed by atoms with Crippen molar-refractivity contribution in [1.29, 1.82) is 0 Å². The molecule has 1 aliphatic carbocycles. The second kappa shape index (κ2) is 5.82. The van der Waals surface area contributed by atoms with Gasteiger partial charge in [-0.05, 0) is 36.0 Å². The molecule has 1 N–H and O–H groups in total. The molecular weight excluding hydrogens is 274 g/mol. The highest BCUT2D eigenvalue weighted by molar-refractivity contribution is 5.81. The van der Waals surface area contributed by atoms with E-state index in [0.717, 1.165) is 24.8 Å². The fourth-order valence-electron chi connectivity index (χ4n) is 3.27. The molecule has 0 bridgehead atoms. The van der Waals surface area contributed by atoms with Crippen LogP contribution in [0.3, 0.4) is 0 Å². The van der Waals surface area contributed by atoms with Crippen LogP contribution in [0.15, 0.2) is 29.3 Å². The molecule has 2 unspecified atom stereocenters.